The molecule has 1 heterocycles. The number of piperidine rings is 1. The van der Waals surface area contributed by atoms with Crippen LogP contribution in [0.25, 0.3) is 0 Å². The summed E-state index contributed by atoms with van der Waals surface area (Å²) >= 11 is 0. The Bertz CT molecular complexity index is 418. The van der Waals surface area contributed by atoms with Crippen molar-refractivity contribution in [3.63, 3.8) is 0 Å². The minimum Gasteiger partial charge on any atom is -0.315 e. The van der Waals surface area contributed by atoms with E-state index in [1.807, 2.05) is 0 Å². The predicted molar refractivity (Wildman–Crippen MR) is 70.0 cm³/mol. The molecule has 0 aromatic heterocycles. The van der Waals surface area contributed by atoms with Gasteiger partial charge < -0.3 is 10.2 Å². The number of halogens is 1. The van der Waals surface area contributed by atoms with E-state index in [2.05, 4.69) is 12.2 Å². The molecule has 0 radical (unpaired) electrons. The summed E-state index contributed by atoms with van der Waals surface area (Å²) in [6, 6.07) is 6.42. The zero-order valence-corrected chi connectivity index (χ0v) is 10.8. The van der Waals surface area contributed by atoms with Crippen LogP contribution in [-0.4, -0.2) is 25.5 Å². The first-order valence-electron chi connectivity index (χ1n) is 6.34. The molecule has 0 saturated carbocycles. The molecule has 2 atom stereocenters. The Hall–Kier alpha value is -1.42. The highest BCUT2D eigenvalue weighted by Crippen LogP contribution is 2.22. The predicted octanol–water partition coefficient (Wildman–Crippen LogP) is 2.18. The van der Waals surface area contributed by atoms with Crippen LogP contribution in [0.1, 0.15) is 19.8 Å². The van der Waals surface area contributed by atoms with Gasteiger partial charge >= 0.3 is 0 Å². The Morgan fingerprint density at radius 2 is 2.06 bits per heavy atom. The molecular formula is C14H19FN2O. The zero-order chi connectivity index (χ0) is 13.1. The number of rotatable bonds is 2. The molecule has 1 fully saturated rings. The van der Waals surface area contributed by atoms with E-state index in [0.717, 1.165) is 25.1 Å². The Kier molecular flexibility index (Phi) is 3.97. The van der Waals surface area contributed by atoms with Gasteiger partial charge in [0, 0.05) is 24.7 Å². The SMILES string of the molecule is C[C@H]1C[C@@H](C(=O)N(C)c2ccc(F)cc2)CCN1. The van der Waals surface area contributed by atoms with Crippen molar-refractivity contribution in [3.05, 3.63) is 30.1 Å². The summed E-state index contributed by atoms with van der Waals surface area (Å²) in [5.74, 6) is -0.0960. The average molecular weight is 250 g/mol. The van der Waals surface area contributed by atoms with Crippen molar-refractivity contribution in [1.29, 1.82) is 0 Å². The lowest BCUT2D eigenvalue weighted by molar-refractivity contribution is -0.123. The molecule has 0 aliphatic carbocycles. The highest BCUT2D eigenvalue weighted by molar-refractivity contribution is 5.94. The number of hydrogen-bond donors (Lipinski definition) is 1. The Morgan fingerprint density at radius 3 is 2.67 bits per heavy atom. The maximum Gasteiger partial charge on any atom is 0.229 e. The molecule has 4 heteroatoms. The fourth-order valence-electron chi connectivity index (χ4n) is 2.42. The van der Waals surface area contributed by atoms with Crippen molar-refractivity contribution in [3.8, 4) is 0 Å². The number of nitrogens with one attached hydrogen (secondary N) is 1. The van der Waals surface area contributed by atoms with Gasteiger partial charge in [0.25, 0.3) is 0 Å². The number of amides is 1. The highest BCUT2D eigenvalue weighted by atomic mass is 19.1. The fourth-order valence-corrected chi connectivity index (χ4v) is 2.42. The van der Waals surface area contributed by atoms with E-state index in [9.17, 15) is 9.18 Å². The van der Waals surface area contributed by atoms with E-state index in [4.69, 9.17) is 0 Å². The van der Waals surface area contributed by atoms with E-state index in [1.165, 1.54) is 12.1 Å². The van der Waals surface area contributed by atoms with Gasteiger partial charge in [-0.2, -0.15) is 0 Å². The monoisotopic (exact) mass is 250 g/mol. The minimum absolute atomic E-state index is 0.0660. The lowest BCUT2D eigenvalue weighted by Crippen LogP contribution is -2.43. The van der Waals surface area contributed by atoms with Gasteiger partial charge in [-0.3, -0.25) is 4.79 Å². The first-order valence-corrected chi connectivity index (χ1v) is 6.34. The highest BCUT2D eigenvalue weighted by Gasteiger charge is 2.27. The fraction of sp³-hybridized carbons (Fsp3) is 0.500. The molecule has 1 aliphatic heterocycles. The van der Waals surface area contributed by atoms with Crippen LogP contribution >= 0.6 is 0 Å². The molecule has 98 valence electrons. The van der Waals surface area contributed by atoms with Gasteiger partial charge in [-0.05, 0) is 50.6 Å². The maximum absolute atomic E-state index is 12.8. The van der Waals surface area contributed by atoms with Crippen molar-refractivity contribution in [2.75, 3.05) is 18.5 Å². The van der Waals surface area contributed by atoms with Crippen molar-refractivity contribution < 1.29 is 9.18 Å². The summed E-state index contributed by atoms with van der Waals surface area (Å²) in [7, 11) is 1.75. The third-order valence-electron chi connectivity index (χ3n) is 3.52. The molecule has 1 aliphatic rings. The third-order valence-corrected chi connectivity index (χ3v) is 3.52. The summed E-state index contributed by atoms with van der Waals surface area (Å²) in [4.78, 5) is 14.0. The van der Waals surface area contributed by atoms with Crippen molar-refractivity contribution in [1.82, 2.24) is 5.32 Å². The molecule has 0 unspecified atom stereocenters. The molecule has 3 nitrogen and oxygen atoms in total. The second-order valence-corrected chi connectivity index (χ2v) is 4.95. The second-order valence-electron chi connectivity index (χ2n) is 4.95. The van der Waals surface area contributed by atoms with Crippen LogP contribution in [0.15, 0.2) is 24.3 Å². The smallest absolute Gasteiger partial charge is 0.229 e. The van der Waals surface area contributed by atoms with Crippen molar-refractivity contribution in [2.45, 2.75) is 25.8 Å². The van der Waals surface area contributed by atoms with Crippen LogP contribution in [0, 0.1) is 11.7 Å². The Labute approximate surface area is 107 Å². The summed E-state index contributed by atoms with van der Waals surface area (Å²) in [5.41, 5.74) is 0.743. The van der Waals surface area contributed by atoms with Gasteiger partial charge in [-0.25, -0.2) is 4.39 Å². The van der Waals surface area contributed by atoms with Gasteiger partial charge in [-0.15, -0.1) is 0 Å². The third kappa shape index (κ3) is 2.88. The minimum atomic E-state index is -0.282. The first-order chi connectivity index (χ1) is 8.58. The van der Waals surface area contributed by atoms with E-state index >= 15 is 0 Å². The van der Waals surface area contributed by atoms with Crippen molar-refractivity contribution in [2.24, 2.45) is 5.92 Å². The lowest BCUT2D eigenvalue weighted by Gasteiger charge is -2.30. The summed E-state index contributed by atoms with van der Waals surface area (Å²) in [6.45, 7) is 2.98. The van der Waals surface area contributed by atoms with Crippen molar-refractivity contribution >= 4 is 11.6 Å². The zero-order valence-electron chi connectivity index (χ0n) is 10.8. The molecule has 0 spiro atoms. The van der Waals surface area contributed by atoms with Crippen LogP contribution in [0.4, 0.5) is 10.1 Å². The first kappa shape index (κ1) is 13.0. The van der Waals surface area contributed by atoms with Crippen LogP contribution in [0.2, 0.25) is 0 Å². The molecule has 18 heavy (non-hydrogen) atoms. The molecule has 1 N–H and O–H groups in total. The molecule has 1 saturated heterocycles. The van der Waals surface area contributed by atoms with Gasteiger partial charge in [0.05, 0.1) is 0 Å². The summed E-state index contributed by atoms with van der Waals surface area (Å²) in [5, 5.41) is 3.33. The van der Waals surface area contributed by atoms with E-state index in [1.54, 1.807) is 24.1 Å². The van der Waals surface area contributed by atoms with Gasteiger partial charge in [-0.1, -0.05) is 0 Å². The van der Waals surface area contributed by atoms with Gasteiger partial charge in [0.1, 0.15) is 5.82 Å². The van der Waals surface area contributed by atoms with Crippen LogP contribution in [-0.2, 0) is 4.79 Å². The van der Waals surface area contributed by atoms with E-state index in [0.29, 0.717) is 6.04 Å². The van der Waals surface area contributed by atoms with Gasteiger partial charge in [0.15, 0.2) is 0 Å². The number of carbonyl (C=O) groups is 1. The number of nitrogens with zero attached hydrogens (tertiary/aromatic N) is 1. The topological polar surface area (TPSA) is 32.3 Å². The van der Waals surface area contributed by atoms with E-state index in [-0.39, 0.29) is 17.6 Å². The lowest BCUT2D eigenvalue weighted by atomic mass is 9.92. The maximum atomic E-state index is 12.8. The Morgan fingerprint density at radius 1 is 1.39 bits per heavy atom. The molecular weight excluding hydrogens is 231 g/mol. The van der Waals surface area contributed by atoms with E-state index < -0.39 is 0 Å². The summed E-state index contributed by atoms with van der Waals surface area (Å²) < 4.78 is 12.8. The molecule has 2 rings (SSSR count). The molecule has 0 bridgehead atoms. The second kappa shape index (κ2) is 5.48. The molecule has 1 aromatic rings. The summed E-state index contributed by atoms with van der Waals surface area (Å²) in [6.07, 6.45) is 1.74. The van der Waals surface area contributed by atoms with Crippen LogP contribution in [0.3, 0.4) is 0 Å². The number of hydrogen-bond acceptors (Lipinski definition) is 2. The van der Waals surface area contributed by atoms with Crippen LogP contribution in [0.5, 0.6) is 0 Å². The number of anilines is 1. The normalized spacial score (nSPS) is 23.7. The van der Waals surface area contributed by atoms with Gasteiger partial charge in [0.2, 0.25) is 5.91 Å². The standard InChI is InChI=1S/C14H19FN2O/c1-10-9-11(7-8-16-10)14(18)17(2)13-5-3-12(15)4-6-13/h3-6,10-11,16H,7-9H2,1-2H3/t10-,11-/m0/s1. The Balaban J connectivity index is 2.06. The molecule has 1 aromatic carbocycles. The largest absolute Gasteiger partial charge is 0.315 e. The average Bonchev–Trinajstić information content (AvgIpc) is 2.38. The molecule has 1 amide bonds. The quantitative estimate of drug-likeness (QED) is 0.872. The number of carbonyl (C=O) groups excluding carboxylic acids is 1. The number of benzene rings is 1. The van der Waals surface area contributed by atoms with Crippen LogP contribution < -0.4 is 10.2 Å².